The maximum Gasteiger partial charge on any atom is 0.224 e. The highest BCUT2D eigenvalue weighted by Crippen LogP contribution is 2.30. The first-order chi connectivity index (χ1) is 6.15. The van der Waals surface area contributed by atoms with Gasteiger partial charge in [0.25, 0.3) is 0 Å². The molecule has 13 heavy (non-hydrogen) atoms. The first kappa shape index (κ1) is 10.8. The monoisotopic (exact) mass is 203 g/mol. The molecule has 0 bridgehead atoms. The van der Waals surface area contributed by atoms with E-state index in [0.29, 0.717) is 18.3 Å². The third kappa shape index (κ3) is 3.55. The molecule has 0 aromatic carbocycles. The molecule has 1 aliphatic rings. The minimum Gasteiger partial charge on any atom is -0.340 e. The number of hydrogen-bond donors (Lipinski definition) is 0. The Labute approximate surface area is 85.2 Å². The number of rotatable bonds is 5. The van der Waals surface area contributed by atoms with Gasteiger partial charge in [-0.25, -0.2) is 0 Å². The van der Waals surface area contributed by atoms with Gasteiger partial charge in [0.05, 0.1) is 0 Å². The van der Waals surface area contributed by atoms with Gasteiger partial charge < -0.3 is 4.90 Å². The van der Waals surface area contributed by atoms with Crippen molar-refractivity contribution in [3.63, 3.8) is 0 Å². The van der Waals surface area contributed by atoms with Crippen LogP contribution in [0.4, 0.5) is 0 Å². The van der Waals surface area contributed by atoms with Crippen molar-refractivity contribution in [2.45, 2.75) is 39.2 Å². The van der Waals surface area contributed by atoms with Crippen LogP contribution in [0.3, 0.4) is 0 Å². The summed E-state index contributed by atoms with van der Waals surface area (Å²) in [6.45, 7) is 5.07. The Hall–Kier alpha value is -0.240. The van der Waals surface area contributed by atoms with Gasteiger partial charge in [0.2, 0.25) is 5.91 Å². The Balaban J connectivity index is 2.39. The van der Waals surface area contributed by atoms with Gasteiger partial charge in [-0.1, -0.05) is 0 Å². The van der Waals surface area contributed by atoms with Crippen LogP contribution in [0.1, 0.15) is 33.1 Å². The van der Waals surface area contributed by atoms with E-state index < -0.39 is 0 Å². The van der Waals surface area contributed by atoms with Crippen molar-refractivity contribution in [3.8, 4) is 0 Å². The summed E-state index contributed by atoms with van der Waals surface area (Å²) in [7, 11) is 0. The zero-order chi connectivity index (χ0) is 9.84. The van der Waals surface area contributed by atoms with E-state index in [1.165, 1.54) is 12.8 Å². The number of carbonyl (C=O) groups is 1. The van der Waals surface area contributed by atoms with Crippen LogP contribution in [0.25, 0.3) is 0 Å². The van der Waals surface area contributed by atoms with Crippen LogP contribution in [-0.4, -0.2) is 29.3 Å². The highest BCUT2D eigenvalue weighted by Gasteiger charge is 2.27. The van der Waals surface area contributed by atoms with Gasteiger partial charge in [-0.15, -0.1) is 11.6 Å². The van der Waals surface area contributed by atoms with Crippen LogP contribution >= 0.6 is 11.6 Å². The normalized spacial score (nSPS) is 16.3. The summed E-state index contributed by atoms with van der Waals surface area (Å²) in [5, 5.41) is 0. The molecule has 0 heterocycles. The molecule has 0 saturated heterocycles. The van der Waals surface area contributed by atoms with E-state index >= 15 is 0 Å². The molecule has 2 nitrogen and oxygen atoms in total. The van der Waals surface area contributed by atoms with Crippen LogP contribution < -0.4 is 0 Å². The molecule has 0 atom stereocenters. The Morgan fingerprint density at radius 3 is 2.54 bits per heavy atom. The van der Waals surface area contributed by atoms with E-state index in [1.54, 1.807) is 0 Å². The predicted octanol–water partition coefficient (Wildman–Crippen LogP) is 2.26. The molecule has 1 aliphatic carbocycles. The highest BCUT2D eigenvalue weighted by atomic mass is 35.5. The lowest BCUT2D eigenvalue weighted by atomic mass is 10.2. The van der Waals surface area contributed by atoms with Gasteiger partial charge in [-0.3, -0.25) is 4.79 Å². The minimum atomic E-state index is 0.205. The number of alkyl halides is 1. The second-order valence-corrected chi connectivity index (χ2v) is 4.40. The third-order valence-electron chi connectivity index (χ3n) is 2.40. The summed E-state index contributed by atoms with van der Waals surface area (Å²) >= 11 is 5.55. The maximum atomic E-state index is 11.6. The van der Waals surface area contributed by atoms with E-state index in [1.807, 2.05) is 4.90 Å². The molecule has 0 aromatic heterocycles. The van der Waals surface area contributed by atoms with Crippen LogP contribution in [0.5, 0.6) is 0 Å². The van der Waals surface area contributed by atoms with Crippen molar-refractivity contribution in [3.05, 3.63) is 0 Å². The summed E-state index contributed by atoms with van der Waals surface area (Å²) < 4.78 is 0. The molecule has 1 amide bonds. The first-order valence-corrected chi connectivity index (χ1v) is 5.54. The fourth-order valence-electron chi connectivity index (χ4n) is 1.40. The topological polar surface area (TPSA) is 20.3 Å². The second kappa shape index (κ2) is 4.85. The molecule has 0 unspecified atom stereocenters. The molecule has 76 valence electrons. The summed E-state index contributed by atoms with van der Waals surface area (Å²) in [4.78, 5) is 13.5. The summed E-state index contributed by atoms with van der Waals surface area (Å²) in [6.07, 6.45) is 3.06. The molecule has 0 radical (unpaired) electrons. The molecule has 0 N–H and O–H groups in total. The molecular formula is C10H18ClNO. The van der Waals surface area contributed by atoms with Gasteiger partial charge in [0.15, 0.2) is 0 Å². The Morgan fingerprint density at radius 2 is 2.15 bits per heavy atom. The SMILES string of the molecule is CC(C)N(CC1CC1)C(=O)CCCl. The predicted molar refractivity (Wildman–Crippen MR) is 54.9 cm³/mol. The van der Waals surface area contributed by atoms with Gasteiger partial charge in [-0.2, -0.15) is 0 Å². The fourth-order valence-corrected chi connectivity index (χ4v) is 1.57. The number of carbonyl (C=O) groups excluding carboxylic acids is 1. The lowest BCUT2D eigenvalue weighted by Crippen LogP contribution is -2.38. The zero-order valence-electron chi connectivity index (χ0n) is 8.42. The average Bonchev–Trinajstić information content (AvgIpc) is 2.83. The summed E-state index contributed by atoms with van der Waals surface area (Å²) in [5.41, 5.74) is 0. The van der Waals surface area contributed by atoms with Crippen LogP contribution in [0.2, 0.25) is 0 Å². The fraction of sp³-hybridized carbons (Fsp3) is 0.900. The quantitative estimate of drug-likeness (QED) is 0.628. The lowest BCUT2D eigenvalue weighted by molar-refractivity contribution is -0.132. The van der Waals surface area contributed by atoms with E-state index in [2.05, 4.69) is 13.8 Å². The molecule has 1 fully saturated rings. The molecule has 0 aliphatic heterocycles. The number of amides is 1. The van der Waals surface area contributed by atoms with Crippen molar-refractivity contribution < 1.29 is 4.79 Å². The first-order valence-electron chi connectivity index (χ1n) is 5.00. The highest BCUT2D eigenvalue weighted by molar-refractivity contribution is 6.18. The van der Waals surface area contributed by atoms with E-state index in [9.17, 15) is 4.79 Å². The van der Waals surface area contributed by atoms with Crippen molar-refractivity contribution in [1.29, 1.82) is 0 Å². The summed E-state index contributed by atoms with van der Waals surface area (Å²) in [5.74, 6) is 1.41. The number of nitrogens with zero attached hydrogens (tertiary/aromatic N) is 1. The molecule has 0 spiro atoms. The van der Waals surface area contributed by atoms with E-state index in [-0.39, 0.29) is 5.91 Å². The van der Waals surface area contributed by atoms with Gasteiger partial charge in [0, 0.05) is 24.9 Å². The largest absolute Gasteiger partial charge is 0.340 e. The minimum absolute atomic E-state index is 0.205. The van der Waals surface area contributed by atoms with Crippen molar-refractivity contribution >= 4 is 17.5 Å². The molecule has 0 aromatic rings. The third-order valence-corrected chi connectivity index (χ3v) is 2.59. The summed E-state index contributed by atoms with van der Waals surface area (Å²) in [6, 6.07) is 0.316. The number of halogens is 1. The van der Waals surface area contributed by atoms with Gasteiger partial charge >= 0.3 is 0 Å². The van der Waals surface area contributed by atoms with Crippen LogP contribution in [0.15, 0.2) is 0 Å². The molecular weight excluding hydrogens is 186 g/mol. The van der Waals surface area contributed by atoms with Crippen LogP contribution in [0, 0.1) is 5.92 Å². The number of hydrogen-bond acceptors (Lipinski definition) is 1. The maximum absolute atomic E-state index is 11.6. The smallest absolute Gasteiger partial charge is 0.224 e. The lowest BCUT2D eigenvalue weighted by Gasteiger charge is -2.26. The van der Waals surface area contributed by atoms with Gasteiger partial charge in [-0.05, 0) is 32.6 Å². The van der Waals surface area contributed by atoms with Gasteiger partial charge in [0.1, 0.15) is 0 Å². The van der Waals surface area contributed by atoms with Crippen LogP contribution in [-0.2, 0) is 4.79 Å². The van der Waals surface area contributed by atoms with Crippen molar-refractivity contribution in [2.24, 2.45) is 5.92 Å². The molecule has 3 heteroatoms. The zero-order valence-corrected chi connectivity index (χ0v) is 9.18. The van der Waals surface area contributed by atoms with E-state index in [4.69, 9.17) is 11.6 Å². The Bertz CT molecular complexity index is 178. The van der Waals surface area contributed by atoms with Crippen molar-refractivity contribution in [1.82, 2.24) is 4.90 Å². The average molecular weight is 204 g/mol. The standard InChI is InChI=1S/C10H18ClNO/c1-8(2)12(7-9-3-4-9)10(13)5-6-11/h8-9H,3-7H2,1-2H3. The van der Waals surface area contributed by atoms with Crippen molar-refractivity contribution in [2.75, 3.05) is 12.4 Å². The Morgan fingerprint density at radius 1 is 1.54 bits per heavy atom. The van der Waals surface area contributed by atoms with E-state index in [0.717, 1.165) is 12.5 Å². The second-order valence-electron chi connectivity index (χ2n) is 4.02. The molecule has 1 saturated carbocycles. The Kier molecular flexibility index (Phi) is 4.04. The molecule has 1 rings (SSSR count).